The normalized spacial score (nSPS) is 12.2. The lowest BCUT2D eigenvalue weighted by molar-refractivity contribution is -0.122. The van der Waals surface area contributed by atoms with Gasteiger partial charge in [0.05, 0.1) is 24.2 Å². The second-order valence-corrected chi connectivity index (χ2v) is 9.57. The third-order valence-electron chi connectivity index (χ3n) is 4.82. The molecule has 1 unspecified atom stereocenters. The van der Waals surface area contributed by atoms with Gasteiger partial charge in [0.25, 0.3) is 10.0 Å². The molecule has 9 heteroatoms. The molecule has 1 atom stereocenters. The number of thiazole rings is 1. The minimum atomic E-state index is -4.07. The quantitative estimate of drug-likeness (QED) is 0.526. The molecule has 1 N–H and O–H groups in total. The molecule has 2 aromatic carbocycles. The maximum Gasteiger partial charge on any atom is 0.265 e. The van der Waals surface area contributed by atoms with E-state index in [1.165, 1.54) is 22.8 Å². The van der Waals surface area contributed by atoms with Gasteiger partial charge in [0.1, 0.15) is 16.8 Å². The Morgan fingerprint density at radius 2 is 1.90 bits per heavy atom. The molecule has 1 heterocycles. The topological polar surface area (TPSA) is 88.6 Å². The van der Waals surface area contributed by atoms with E-state index in [0.29, 0.717) is 17.0 Å². The fourth-order valence-electron chi connectivity index (χ4n) is 3.31. The summed E-state index contributed by atoms with van der Waals surface area (Å²) in [5.74, 6) is -0.0356. The second-order valence-electron chi connectivity index (χ2n) is 6.81. The minimum Gasteiger partial charge on any atom is -0.495 e. The van der Waals surface area contributed by atoms with Gasteiger partial charge in [-0.25, -0.2) is 13.4 Å². The van der Waals surface area contributed by atoms with Crippen molar-refractivity contribution in [2.75, 3.05) is 11.4 Å². The number of amides is 1. The summed E-state index contributed by atoms with van der Waals surface area (Å²) in [6.07, 6.45) is 1.93. The highest BCUT2D eigenvalue weighted by Crippen LogP contribution is 2.35. The first-order valence-corrected chi connectivity index (χ1v) is 12.1. The molecule has 0 radical (unpaired) electrons. The average Bonchev–Trinajstić information content (AvgIpc) is 3.29. The maximum atomic E-state index is 13.8. The number of carbonyl (C=O) groups is 1. The van der Waals surface area contributed by atoms with Gasteiger partial charge in [0.15, 0.2) is 0 Å². The number of hydrogen-bond donors (Lipinski definition) is 1. The van der Waals surface area contributed by atoms with E-state index in [-0.39, 0.29) is 17.9 Å². The summed E-state index contributed by atoms with van der Waals surface area (Å²) in [4.78, 5) is 17.5. The van der Waals surface area contributed by atoms with Gasteiger partial charge in [-0.3, -0.25) is 9.10 Å². The molecule has 0 aliphatic heterocycles. The Kier molecular flexibility index (Phi) is 7.29. The van der Waals surface area contributed by atoms with Crippen molar-refractivity contribution in [1.82, 2.24) is 10.3 Å². The molecule has 1 amide bonds. The number of anilines is 1. The Bertz CT molecular complexity index is 1130. The van der Waals surface area contributed by atoms with E-state index >= 15 is 0 Å². The van der Waals surface area contributed by atoms with Crippen LogP contribution in [0.3, 0.4) is 0 Å². The van der Waals surface area contributed by atoms with Crippen LogP contribution >= 0.6 is 11.3 Å². The zero-order chi connectivity index (χ0) is 22.4. The molecule has 164 valence electrons. The van der Waals surface area contributed by atoms with Crippen molar-refractivity contribution in [3.8, 4) is 5.75 Å². The number of para-hydroxylation sites is 2. The summed E-state index contributed by atoms with van der Waals surface area (Å²) in [6.45, 7) is 3.75. The first-order chi connectivity index (χ1) is 14.9. The molecule has 3 aromatic rings. The molecule has 0 fully saturated rings. The molecule has 31 heavy (non-hydrogen) atoms. The van der Waals surface area contributed by atoms with Crippen LogP contribution in [-0.4, -0.2) is 32.5 Å². The Balaban J connectivity index is 2.08. The number of rotatable bonds is 9. The van der Waals surface area contributed by atoms with Crippen LogP contribution in [-0.2, 0) is 21.4 Å². The van der Waals surface area contributed by atoms with Crippen LogP contribution in [0.4, 0.5) is 5.69 Å². The standard InChI is InChI=1S/C22H25N3O4S2/c1-4-17(22(26)24-15-21-23-13-14-30-21)25(18-10-6-7-11-19(18)29-3)31(27,28)20-12-8-5-9-16(20)2/h5-14,17H,4,15H2,1-3H3,(H,24,26). The zero-order valence-electron chi connectivity index (χ0n) is 17.6. The predicted octanol–water partition coefficient (Wildman–Crippen LogP) is 3.75. The van der Waals surface area contributed by atoms with Crippen LogP contribution in [0.1, 0.15) is 23.9 Å². The Morgan fingerprint density at radius 3 is 2.55 bits per heavy atom. The number of hydrogen-bond acceptors (Lipinski definition) is 6. The van der Waals surface area contributed by atoms with E-state index < -0.39 is 22.0 Å². The maximum absolute atomic E-state index is 13.8. The van der Waals surface area contributed by atoms with Crippen molar-refractivity contribution in [3.63, 3.8) is 0 Å². The highest BCUT2D eigenvalue weighted by molar-refractivity contribution is 7.93. The van der Waals surface area contributed by atoms with Crippen LogP contribution in [0.25, 0.3) is 0 Å². The van der Waals surface area contributed by atoms with E-state index in [2.05, 4.69) is 10.3 Å². The van der Waals surface area contributed by atoms with E-state index in [1.807, 2.05) is 5.38 Å². The van der Waals surface area contributed by atoms with Gasteiger partial charge in [-0.2, -0.15) is 0 Å². The monoisotopic (exact) mass is 459 g/mol. The van der Waals surface area contributed by atoms with Crippen molar-refractivity contribution in [3.05, 3.63) is 70.7 Å². The zero-order valence-corrected chi connectivity index (χ0v) is 19.2. The number of benzene rings is 2. The van der Waals surface area contributed by atoms with Gasteiger partial charge < -0.3 is 10.1 Å². The molecule has 0 aliphatic carbocycles. The van der Waals surface area contributed by atoms with Crippen LogP contribution in [0.15, 0.2) is 65.0 Å². The van der Waals surface area contributed by atoms with Crippen molar-refractivity contribution in [2.45, 2.75) is 37.8 Å². The van der Waals surface area contributed by atoms with Gasteiger partial charge in [-0.05, 0) is 37.1 Å². The molecule has 1 aromatic heterocycles. The molecule has 7 nitrogen and oxygen atoms in total. The van der Waals surface area contributed by atoms with Gasteiger partial charge in [0.2, 0.25) is 5.91 Å². The summed E-state index contributed by atoms with van der Waals surface area (Å²) in [5, 5.41) is 5.39. The van der Waals surface area contributed by atoms with Crippen LogP contribution in [0.5, 0.6) is 5.75 Å². The highest BCUT2D eigenvalue weighted by Gasteiger charge is 2.37. The second kappa shape index (κ2) is 9.93. The smallest absolute Gasteiger partial charge is 0.265 e. The molecule has 0 bridgehead atoms. The number of nitrogens with one attached hydrogen (secondary N) is 1. The number of ether oxygens (including phenoxy) is 1. The predicted molar refractivity (Wildman–Crippen MR) is 122 cm³/mol. The highest BCUT2D eigenvalue weighted by atomic mass is 32.2. The lowest BCUT2D eigenvalue weighted by Gasteiger charge is -2.32. The first kappa shape index (κ1) is 22.8. The molecule has 0 saturated heterocycles. The average molecular weight is 460 g/mol. The van der Waals surface area contributed by atoms with E-state index in [4.69, 9.17) is 4.74 Å². The van der Waals surface area contributed by atoms with Crippen LogP contribution in [0, 0.1) is 6.92 Å². The molecule has 0 aliphatic rings. The Morgan fingerprint density at radius 1 is 1.19 bits per heavy atom. The van der Waals surface area contributed by atoms with Crippen molar-refractivity contribution in [1.29, 1.82) is 0 Å². The fraction of sp³-hybridized carbons (Fsp3) is 0.273. The summed E-state index contributed by atoms with van der Waals surface area (Å²) >= 11 is 1.42. The Labute approximate surface area is 186 Å². The number of aromatic nitrogens is 1. The van der Waals surface area contributed by atoms with Crippen molar-refractivity contribution >= 4 is 33.0 Å². The van der Waals surface area contributed by atoms with Crippen LogP contribution in [0.2, 0.25) is 0 Å². The third-order valence-corrected chi connectivity index (χ3v) is 7.59. The molecular weight excluding hydrogens is 434 g/mol. The van der Waals surface area contributed by atoms with Crippen LogP contribution < -0.4 is 14.4 Å². The van der Waals surface area contributed by atoms with Gasteiger partial charge in [-0.15, -0.1) is 11.3 Å². The number of carbonyl (C=O) groups excluding carboxylic acids is 1. The lowest BCUT2D eigenvalue weighted by Crippen LogP contribution is -2.49. The fourth-order valence-corrected chi connectivity index (χ4v) is 5.79. The Hall–Kier alpha value is -2.91. The van der Waals surface area contributed by atoms with Gasteiger partial charge >= 0.3 is 0 Å². The van der Waals surface area contributed by atoms with E-state index in [1.54, 1.807) is 68.6 Å². The number of methoxy groups -OCH3 is 1. The van der Waals surface area contributed by atoms with Crippen molar-refractivity contribution < 1.29 is 17.9 Å². The van der Waals surface area contributed by atoms with Gasteiger partial charge in [-0.1, -0.05) is 37.3 Å². The van der Waals surface area contributed by atoms with E-state index in [9.17, 15) is 13.2 Å². The van der Waals surface area contributed by atoms with Gasteiger partial charge in [0, 0.05) is 11.6 Å². The summed E-state index contributed by atoms with van der Waals surface area (Å²) in [5.41, 5.74) is 0.907. The summed E-state index contributed by atoms with van der Waals surface area (Å²) in [7, 11) is -2.59. The van der Waals surface area contributed by atoms with Crippen molar-refractivity contribution in [2.24, 2.45) is 0 Å². The third kappa shape index (κ3) is 4.88. The lowest BCUT2D eigenvalue weighted by atomic mass is 10.2. The molecule has 3 rings (SSSR count). The number of aryl methyl sites for hydroxylation is 1. The largest absolute Gasteiger partial charge is 0.495 e. The number of nitrogens with zero attached hydrogens (tertiary/aromatic N) is 2. The minimum absolute atomic E-state index is 0.145. The van der Waals surface area contributed by atoms with E-state index in [0.717, 1.165) is 5.01 Å². The summed E-state index contributed by atoms with van der Waals surface area (Å²) in [6, 6.07) is 12.6. The molecule has 0 saturated carbocycles. The molecule has 0 spiro atoms. The SMILES string of the molecule is CCC(C(=O)NCc1nccs1)N(c1ccccc1OC)S(=O)(=O)c1ccccc1C. The molecular formula is C22H25N3O4S2. The number of sulfonamides is 1. The first-order valence-electron chi connectivity index (χ1n) is 9.79. The summed E-state index contributed by atoms with van der Waals surface area (Å²) < 4.78 is 34.3.